The first-order valence-corrected chi connectivity index (χ1v) is 4.66. The summed E-state index contributed by atoms with van der Waals surface area (Å²) in [6.07, 6.45) is 1.15. The van der Waals surface area contributed by atoms with Gasteiger partial charge in [-0.3, -0.25) is 14.4 Å². The van der Waals surface area contributed by atoms with Gasteiger partial charge >= 0.3 is 5.97 Å². The minimum atomic E-state index is -0.833. The van der Waals surface area contributed by atoms with Crippen molar-refractivity contribution in [3.05, 3.63) is 12.8 Å². The predicted octanol–water partition coefficient (Wildman–Crippen LogP) is 1.90. The molecule has 0 aliphatic heterocycles. The number of hydrogen-bond donors (Lipinski definition) is 2. The second kappa shape index (κ2) is 10.7. The number of ether oxygens (including phenoxy) is 1. The molecule has 0 aromatic rings. The molecule has 2 N–H and O–H groups in total. The van der Waals surface area contributed by atoms with E-state index in [1.165, 1.54) is 0 Å². The Bertz CT molecular complexity index is 242. The number of esters is 1. The Morgan fingerprint density at radius 2 is 1.29 bits per heavy atom. The van der Waals surface area contributed by atoms with E-state index in [0.29, 0.717) is 0 Å². The fourth-order valence-corrected chi connectivity index (χ4v) is 0.252. The lowest BCUT2D eigenvalue weighted by molar-refractivity contribution is -0.146. The number of hydrogen-bond acceptors (Lipinski definition) is 4. The standard InChI is InChI=1S/C7H12O2.2C2H4O2/c1-5-9-6(8)7(2,3)4;2*1-2(3)4/h5H,1H2,2-4H3;2*1H3,(H,3,4). The molecular formula is C11H20O6. The van der Waals surface area contributed by atoms with Crippen LogP contribution in [0.2, 0.25) is 0 Å². The summed E-state index contributed by atoms with van der Waals surface area (Å²) in [5, 5.41) is 14.8. The Kier molecular flexibility index (Phi) is 12.9. The third-order valence-corrected chi connectivity index (χ3v) is 0.803. The Morgan fingerprint density at radius 1 is 1.06 bits per heavy atom. The van der Waals surface area contributed by atoms with Crippen LogP contribution in [0.25, 0.3) is 0 Å². The molecule has 0 heterocycles. The van der Waals surface area contributed by atoms with Crippen molar-refractivity contribution in [1.29, 1.82) is 0 Å². The highest BCUT2D eigenvalue weighted by molar-refractivity contribution is 5.75. The maximum absolute atomic E-state index is 10.8. The molecule has 100 valence electrons. The van der Waals surface area contributed by atoms with Crippen molar-refractivity contribution in [3.63, 3.8) is 0 Å². The van der Waals surface area contributed by atoms with Gasteiger partial charge in [0.2, 0.25) is 0 Å². The Balaban J connectivity index is -0.000000205. The van der Waals surface area contributed by atoms with Crippen molar-refractivity contribution < 1.29 is 29.3 Å². The van der Waals surface area contributed by atoms with Gasteiger partial charge in [-0.2, -0.15) is 0 Å². The van der Waals surface area contributed by atoms with Gasteiger partial charge in [0, 0.05) is 13.8 Å². The third kappa shape index (κ3) is 40.9. The summed E-state index contributed by atoms with van der Waals surface area (Å²) in [6, 6.07) is 0. The third-order valence-electron chi connectivity index (χ3n) is 0.803. The molecule has 0 bridgehead atoms. The van der Waals surface area contributed by atoms with Crippen LogP contribution in [0.4, 0.5) is 0 Å². The summed E-state index contributed by atoms with van der Waals surface area (Å²) in [6.45, 7) is 10.8. The lowest BCUT2D eigenvalue weighted by Crippen LogP contribution is -2.20. The number of carboxylic acids is 2. The molecule has 0 amide bonds. The lowest BCUT2D eigenvalue weighted by atomic mass is 9.98. The molecule has 0 rings (SSSR count). The van der Waals surface area contributed by atoms with Crippen molar-refractivity contribution in [2.24, 2.45) is 5.41 Å². The van der Waals surface area contributed by atoms with Crippen LogP contribution in [0.5, 0.6) is 0 Å². The quantitative estimate of drug-likeness (QED) is 0.543. The van der Waals surface area contributed by atoms with Crippen LogP contribution in [-0.2, 0) is 19.1 Å². The van der Waals surface area contributed by atoms with Gasteiger partial charge in [-0.15, -0.1) is 0 Å². The van der Waals surface area contributed by atoms with Gasteiger partial charge in [0.05, 0.1) is 11.7 Å². The van der Waals surface area contributed by atoms with Crippen LogP contribution >= 0.6 is 0 Å². The minimum Gasteiger partial charge on any atom is -0.481 e. The monoisotopic (exact) mass is 248 g/mol. The molecule has 0 aliphatic rings. The SMILES string of the molecule is C=COC(=O)C(C)(C)C.CC(=O)O.CC(=O)O. The average Bonchev–Trinajstić information content (AvgIpc) is 2.00. The van der Waals surface area contributed by atoms with E-state index in [2.05, 4.69) is 11.3 Å². The lowest BCUT2D eigenvalue weighted by Gasteiger charge is -2.13. The fraction of sp³-hybridized carbons (Fsp3) is 0.545. The van der Waals surface area contributed by atoms with Crippen molar-refractivity contribution in [3.8, 4) is 0 Å². The minimum absolute atomic E-state index is 0.252. The summed E-state index contributed by atoms with van der Waals surface area (Å²) in [4.78, 5) is 28.8. The van der Waals surface area contributed by atoms with E-state index in [4.69, 9.17) is 19.8 Å². The van der Waals surface area contributed by atoms with Gasteiger partial charge in [-0.05, 0) is 20.8 Å². The average molecular weight is 248 g/mol. The molecule has 0 saturated carbocycles. The fourth-order valence-electron chi connectivity index (χ4n) is 0.252. The topological polar surface area (TPSA) is 101 Å². The maximum Gasteiger partial charge on any atom is 0.316 e. The Labute approximate surface area is 101 Å². The van der Waals surface area contributed by atoms with Gasteiger partial charge in [0.15, 0.2) is 0 Å². The molecule has 0 unspecified atom stereocenters. The van der Waals surface area contributed by atoms with Crippen molar-refractivity contribution in [1.82, 2.24) is 0 Å². The molecule has 0 atom stereocenters. The van der Waals surface area contributed by atoms with Crippen LogP contribution in [0.15, 0.2) is 12.8 Å². The number of aliphatic carboxylic acids is 2. The van der Waals surface area contributed by atoms with Gasteiger partial charge in [-0.1, -0.05) is 6.58 Å². The summed E-state index contributed by atoms with van der Waals surface area (Å²) >= 11 is 0. The van der Waals surface area contributed by atoms with Crippen LogP contribution in [0.1, 0.15) is 34.6 Å². The molecule has 17 heavy (non-hydrogen) atoms. The second-order valence-electron chi connectivity index (χ2n) is 3.86. The maximum atomic E-state index is 10.8. The normalized spacial score (nSPS) is 8.53. The Hall–Kier alpha value is -1.85. The van der Waals surface area contributed by atoms with E-state index in [1.54, 1.807) is 20.8 Å². The highest BCUT2D eigenvalue weighted by atomic mass is 16.5. The number of carbonyl (C=O) groups excluding carboxylic acids is 1. The zero-order valence-corrected chi connectivity index (χ0v) is 10.8. The van der Waals surface area contributed by atoms with E-state index >= 15 is 0 Å². The van der Waals surface area contributed by atoms with E-state index in [1.807, 2.05) is 0 Å². The largest absolute Gasteiger partial charge is 0.481 e. The molecule has 6 heteroatoms. The zero-order chi connectivity index (χ0) is 14.6. The van der Waals surface area contributed by atoms with Crippen molar-refractivity contribution >= 4 is 17.9 Å². The molecule has 0 fully saturated rings. The first kappa shape index (κ1) is 20.5. The van der Waals surface area contributed by atoms with E-state index < -0.39 is 17.4 Å². The zero-order valence-electron chi connectivity index (χ0n) is 10.8. The highest BCUT2D eigenvalue weighted by Crippen LogP contribution is 2.14. The van der Waals surface area contributed by atoms with Crippen LogP contribution < -0.4 is 0 Å². The highest BCUT2D eigenvalue weighted by Gasteiger charge is 2.21. The van der Waals surface area contributed by atoms with Crippen molar-refractivity contribution in [2.75, 3.05) is 0 Å². The molecule has 0 radical (unpaired) electrons. The van der Waals surface area contributed by atoms with E-state index in [0.717, 1.165) is 20.1 Å². The molecular weight excluding hydrogens is 228 g/mol. The molecule has 0 aromatic heterocycles. The number of carbonyl (C=O) groups is 3. The molecule has 0 aromatic carbocycles. The Morgan fingerprint density at radius 3 is 1.35 bits per heavy atom. The summed E-state index contributed by atoms with van der Waals surface area (Å²) in [5.41, 5.74) is -0.422. The molecule has 0 spiro atoms. The number of carboxylic acid groups (broad SMARTS) is 2. The molecule has 0 aliphatic carbocycles. The van der Waals surface area contributed by atoms with Crippen LogP contribution in [0, 0.1) is 5.41 Å². The summed E-state index contributed by atoms with van der Waals surface area (Å²) < 4.78 is 4.53. The van der Waals surface area contributed by atoms with E-state index in [9.17, 15) is 4.79 Å². The second-order valence-corrected chi connectivity index (χ2v) is 3.86. The first-order valence-electron chi connectivity index (χ1n) is 4.66. The summed E-state index contributed by atoms with van der Waals surface area (Å²) in [5.74, 6) is -1.92. The van der Waals surface area contributed by atoms with Gasteiger partial charge in [-0.25, -0.2) is 0 Å². The molecule has 6 nitrogen and oxygen atoms in total. The smallest absolute Gasteiger partial charge is 0.316 e. The number of rotatable bonds is 1. The van der Waals surface area contributed by atoms with Gasteiger partial charge < -0.3 is 14.9 Å². The first-order chi connectivity index (χ1) is 7.45. The summed E-state index contributed by atoms with van der Waals surface area (Å²) in [7, 11) is 0. The van der Waals surface area contributed by atoms with Crippen LogP contribution in [-0.4, -0.2) is 28.1 Å². The van der Waals surface area contributed by atoms with E-state index in [-0.39, 0.29) is 5.97 Å². The van der Waals surface area contributed by atoms with Gasteiger partial charge in [0.1, 0.15) is 0 Å². The van der Waals surface area contributed by atoms with Crippen LogP contribution in [0.3, 0.4) is 0 Å². The molecule has 0 saturated heterocycles. The predicted molar refractivity (Wildman–Crippen MR) is 62.4 cm³/mol. The van der Waals surface area contributed by atoms with Gasteiger partial charge in [0.25, 0.3) is 11.9 Å². The van der Waals surface area contributed by atoms with Crippen molar-refractivity contribution in [2.45, 2.75) is 34.6 Å².